The lowest BCUT2D eigenvalue weighted by molar-refractivity contribution is -0.109. The maximum Gasteiger partial charge on any atom is 0.338 e. The highest BCUT2D eigenvalue weighted by atomic mass is 16.5. The molecular formula is C34H50O4. The smallest absolute Gasteiger partial charge is 0.338 e. The summed E-state index contributed by atoms with van der Waals surface area (Å²) in [6.07, 6.45) is 12.3. The number of hydrogen-bond acceptors (Lipinski definition) is 4. The molecule has 3 saturated carbocycles. The van der Waals surface area contributed by atoms with Gasteiger partial charge in [0.15, 0.2) is 0 Å². The molecule has 5 rings (SSSR count). The van der Waals surface area contributed by atoms with E-state index in [0.717, 1.165) is 37.5 Å². The second kappa shape index (κ2) is 10.4. The van der Waals surface area contributed by atoms with Crippen LogP contribution in [0.2, 0.25) is 0 Å². The first-order chi connectivity index (χ1) is 17.9. The van der Waals surface area contributed by atoms with Gasteiger partial charge in [-0.05, 0) is 99.5 Å². The van der Waals surface area contributed by atoms with Gasteiger partial charge in [-0.3, -0.25) is 0 Å². The monoisotopic (exact) mass is 522 g/mol. The van der Waals surface area contributed by atoms with E-state index in [-0.39, 0.29) is 17.5 Å². The lowest BCUT2D eigenvalue weighted by Gasteiger charge is -2.59. The van der Waals surface area contributed by atoms with E-state index in [4.69, 9.17) is 4.74 Å². The molecule has 0 amide bonds. The molecule has 4 aliphatic rings. The number of benzene rings is 1. The van der Waals surface area contributed by atoms with E-state index in [0.29, 0.717) is 35.2 Å². The third kappa shape index (κ3) is 5.01. The van der Waals surface area contributed by atoms with Gasteiger partial charge < -0.3 is 14.9 Å². The van der Waals surface area contributed by atoms with Gasteiger partial charge in [-0.15, -0.1) is 0 Å². The Kier molecular flexibility index (Phi) is 7.63. The Balaban J connectivity index is 1.28. The number of hydrogen-bond donors (Lipinski definition) is 2. The maximum atomic E-state index is 12.7. The van der Waals surface area contributed by atoms with Gasteiger partial charge in [-0.2, -0.15) is 0 Å². The van der Waals surface area contributed by atoms with E-state index in [9.17, 15) is 15.0 Å². The average Bonchev–Trinajstić information content (AvgIpc) is 3.22. The summed E-state index contributed by atoms with van der Waals surface area (Å²) in [6.45, 7) is 11.2. The van der Waals surface area contributed by atoms with Crippen LogP contribution in [0.25, 0.3) is 0 Å². The zero-order chi connectivity index (χ0) is 27.3. The first-order valence-electron chi connectivity index (χ1n) is 15.3. The maximum absolute atomic E-state index is 12.7. The molecule has 210 valence electrons. The van der Waals surface area contributed by atoms with E-state index in [1.807, 2.05) is 32.0 Å². The lowest BCUT2D eigenvalue weighted by Crippen LogP contribution is -2.56. The van der Waals surface area contributed by atoms with Gasteiger partial charge >= 0.3 is 5.97 Å². The quantitative estimate of drug-likeness (QED) is 0.290. The molecular weight excluding hydrogens is 472 g/mol. The first kappa shape index (κ1) is 27.9. The van der Waals surface area contributed by atoms with E-state index in [1.165, 1.54) is 37.7 Å². The molecule has 0 bridgehead atoms. The van der Waals surface area contributed by atoms with Gasteiger partial charge in [0.25, 0.3) is 0 Å². The molecule has 4 heteroatoms. The van der Waals surface area contributed by atoms with Crippen molar-refractivity contribution in [2.45, 2.75) is 117 Å². The van der Waals surface area contributed by atoms with Crippen LogP contribution in [0.15, 0.2) is 42.0 Å². The molecule has 38 heavy (non-hydrogen) atoms. The number of rotatable bonds is 7. The molecule has 9 atom stereocenters. The van der Waals surface area contributed by atoms with Crippen molar-refractivity contribution >= 4 is 5.97 Å². The van der Waals surface area contributed by atoms with Crippen molar-refractivity contribution in [3.05, 3.63) is 47.5 Å². The third-order valence-corrected chi connectivity index (χ3v) is 11.7. The second-order valence-electron chi connectivity index (χ2n) is 14.4. The molecule has 4 nitrogen and oxygen atoms in total. The summed E-state index contributed by atoms with van der Waals surface area (Å²) in [5.41, 5.74) is 1.49. The van der Waals surface area contributed by atoms with Crippen molar-refractivity contribution in [1.29, 1.82) is 0 Å². The number of aliphatic hydroxyl groups excluding tert-OH is 1. The van der Waals surface area contributed by atoms with E-state index >= 15 is 0 Å². The van der Waals surface area contributed by atoms with Gasteiger partial charge in [0, 0.05) is 18.3 Å². The summed E-state index contributed by atoms with van der Waals surface area (Å²) < 4.78 is 5.90. The fourth-order valence-corrected chi connectivity index (χ4v) is 9.60. The Morgan fingerprint density at radius 1 is 1.13 bits per heavy atom. The fourth-order valence-electron chi connectivity index (χ4n) is 9.60. The molecule has 2 N–H and O–H groups in total. The van der Waals surface area contributed by atoms with Crippen LogP contribution >= 0.6 is 0 Å². The Hall–Kier alpha value is -1.65. The predicted octanol–water partition coefficient (Wildman–Crippen LogP) is 7.34. The van der Waals surface area contributed by atoms with Crippen molar-refractivity contribution in [3.8, 4) is 0 Å². The van der Waals surface area contributed by atoms with Crippen LogP contribution in [0.3, 0.4) is 0 Å². The predicted molar refractivity (Wildman–Crippen MR) is 152 cm³/mol. The molecule has 0 saturated heterocycles. The normalized spacial score (nSPS) is 39.4. The number of carbonyl (C=O) groups excluding carboxylic acids is 1. The van der Waals surface area contributed by atoms with Gasteiger partial charge in [0.2, 0.25) is 0 Å². The lowest BCUT2D eigenvalue weighted by atomic mass is 9.46. The summed E-state index contributed by atoms with van der Waals surface area (Å²) in [4.78, 5) is 12.7. The summed E-state index contributed by atoms with van der Waals surface area (Å²) >= 11 is 0. The molecule has 3 fully saturated rings. The van der Waals surface area contributed by atoms with Crippen molar-refractivity contribution < 1.29 is 19.7 Å². The van der Waals surface area contributed by atoms with Crippen LogP contribution in [0.4, 0.5) is 0 Å². The zero-order valence-electron chi connectivity index (χ0n) is 24.3. The highest BCUT2D eigenvalue weighted by Gasteiger charge is 2.61. The molecule has 1 aromatic rings. The number of fused-ring (bicyclic) bond motifs is 5. The molecule has 0 aliphatic heterocycles. The Morgan fingerprint density at radius 3 is 2.58 bits per heavy atom. The summed E-state index contributed by atoms with van der Waals surface area (Å²) in [5, 5.41) is 21.8. The molecule has 1 unspecified atom stereocenters. The molecule has 0 heterocycles. The number of esters is 1. The van der Waals surface area contributed by atoms with Crippen molar-refractivity contribution in [3.63, 3.8) is 0 Å². The summed E-state index contributed by atoms with van der Waals surface area (Å²) in [5.74, 6) is 3.02. The standard InChI is InChI=1S/C34H50O4/c1-22(10-9-18-32(2,3)37)27-15-16-28-26-14-13-24-20-25(38-31(36)23-11-7-6-8-12-23)21-30(35)34(24,5)29(26)17-19-33(27,28)4/h6-8,11-13,22,25-30,35,37H,9-10,14-21H2,1-5H3/t22-,25?,26+,27-,28+,29+,30+,33-,34+/m1/s1. The van der Waals surface area contributed by atoms with E-state index in [1.54, 1.807) is 12.1 Å². The van der Waals surface area contributed by atoms with Gasteiger partial charge in [-0.1, -0.05) is 63.5 Å². The Labute approximate surface area is 230 Å². The van der Waals surface area contributed by atoms with Crippen LogP contribution in [-0.4, -0.2) is 34.0 Å². The van der Waals surface area contributed by atoms with Gasteiger partial charge in [0.05, 0.1) is 17.3 Å². The minimum absolute atomic E-state index is 0.212. The van der Waals surface area contributed by atoms with Crippen LogP contribution in [0, 0.1) is 40.4 Å². The summed E-state index contributed by atoms with van der Waals surface area (Å²) in [6, 6.07) is 9.19. The van der Waals surface area contributed by atoms with E-state index in [2.05, 4.69) is 26.8 Å². The summed E-state index contributed by atoms with van der Waals surface area (Å²) in [7, 11) is 0. The number of carbonyl (C=O) groups is 1. The van der Waals surface area contributed by atoms with Gasteiger partial charge in [-0.25, -0.2) is 4.79 Å². The highest BCUT2D eigenvalue weighted by molar-refractivity contribution is 5.89. The SMILES string of the molecule is C[C@H](CCCC(C)(C)O)[C@H]1CC[C@H]2[C@@H]3CC=C4CC(OC(=O)c5ccccc5)C[C@H](O)[C@]4(C)[C@H]3CC[C@]12C. The number of allylic oxidation sites excluding steroid dienone is 1. The molecule has 0 aromatic heterocycles. The fraction of sp³-hybridized carbons (Fsp3) is 0.735. The minimum atomic E-state index is -0.568. The molecule has 0 radical (unpaired) electrons. The number of ether oxygens (including phenoxy) is 1. The van der Waals surface area contributed by atoms with Crippen LogP contribution in [-0.2, 0) is 4.74 Å². The van der Waals surface area contributed by atoms with Crippen molar-refractivity contribution in [1.82, 2.24) is 0 Å². The van der Waals surface area contributed by atoms with Crippen LogP contribution in [0.5, 0.6) is 0 Å². The molecule has 0 spiro atoms. The number of aliphatic hydroxyl groups is 2. The second-order valence-corrected chi connectivity index (χ2v) is 14.4. The Morgan fingerprint density at radius 2 is 1.87 bits per heavy atom. The first-order valence-corrected chi connectivity index (χ1v) is 15.3. The van der Waals surface area contributed by atoms with Crippen LogP contribution < -0.4 is 0 Å². The molecule has 1 aromatic carbocycles. The van der Waals surface area contributed by atoms with Crippen molar-refractivity contribution in [2.24, 2.45) is 40.4 Å². The van der Waals surface area contributed by atoms with Crippen molar-refractivity contribution in [2.75, 3.05) is 0 Å². The average molecular weight is 523 g/mol. The Bertz CT molecular complexity index is 1020. The largest absolute Gasteiger partial charge is 0.458 e. The highest BCUT2D eigenvalue weighted by Crippen LogP contribution is 2.67. The van der Waals surface area contributed by atoms with E-state index < -0.39 is 11.7 Å². The third-order valence-electron chi connectivity index (χ3n) is 11.7. The topological polar surface area (TPSA) is 66.8 Å². The van der Waals surface area contributed by atoms with Crippen LogP contribution in [0.1, 0.15) is 109 Å². The van der Waals surface area contributed by atoms with Gasteiger partial charge in [0.1, 0.15) is 6.10 Å². The zero-order valence-corrected chi connectivity index (χ0v) is 24.3. The minimum Gasteiger partial charge on any atom is -0.458 e. The molecule has 4 aliphatic carbocycles.